The van der Waals surface area contributed by atoms with E-state index in [2.05, 4.69) is 5.32 Å². The molecule has 0 saturated heterocycles. The Balaban J connectivity index is 2.50. The molecule has 0 unspecified atom stereocenters. The van der Waals surface area contributed by atoms with E-state index in [-0.39, 0.29) is 13.2 Å². The van der Waals surface area contributed by atoms with Crippen molar-refractivity contribution >= 4 is 6.09 Å². The maximum absolute atomic E-state index is 12.8. The Bertz CT molecular complexity index is 701. The number of hydrogen-bond donors (Lipinski definition) is 2. The molecular formula is C21H30F5NO4. The summed E-state index contributed by atoms with van der Waals surface area (Å²) in [6.07, 6.45) is -7.06. The molecule has 0 spiro atoms. The maximum Gasteiger partial charge on any atom is 0.453 e. The molecule has 0 heterocycles. The Morgan fingerprint density at radius 3 is 2.06 bits per heavy atom. The molecule has 1 amide bonds. The highest BCUT2D eigenvalue weighted by Gasteiger charge is 2.56. The fourth-order valence-corrected chi connectivity index (χ4v) is 2.53. The second kappa shape index (κ2) is 10.5. The van der Waals surface area contributed by atoms with Gasteiger partial charge in [0.05, 0.1) is 18.8 Å². The number of amides is 1. The highest BCUT2D eigenvalue weighted by Crippen LogP contribution is 2.38. The van der Waals surface area contributed by atoms with E-state index in [1.807, 2.05) is 0 Å². The summed E-state index contributed by atoms with van der Waals surface area (Å²) in [7, 11) is 0. The number of carbonyl (C=O) groups excluding carboxylic acids is 1. The minimum Gasteiger partial charge on any atom is -0.494 e. The van der Waals surface area contributed by atoms with Crippen LogP contribution in [0.3, 0.4) is 0 Å². The number of halogens is 5. The number of alkyl halides is 5. The number of aryl methyl sites for hydroxylation is 1. The lowest BCUT2D eigenvalue weighted by atomic mass is 9.94. The average molecular weight is 455 g/mol. The van der Waals surface area contributed by atoms with Crippen molar-refractivity contribution in [1.82, 2.24) is 5.32 Å². The number of alkyl carbamates (subject to hydrolysis) is 1. The van der Waals surface area contributed by atoms with E-state index < -0.39 is 42.2 Å². The van der Waals surface area contributed by atoms with Gasteiger partial charge in [0.15, 0.2) is 0 Å². The highest BCUT2D eigenvalue weighted by molar-refractivity contribution is 5.68. The lowest BCUT2D eigenvalue weighted by Gasteiger charge is -2.30. The van der Waals surface area contributed by atoms with Crippen LogP contribution in [0.25, 0.3) is 0 Å². The summed E-state index contributed by atoms with van der Waals surface area (Å²) in [4.78, 5) is 12.0. The van der Waals surface area contributed by atoms with Crippen LogP contribution in [0, 0.1) is 0 Å². The standard InChI is InChI=1S/C21H30F5NO4/c1-18(2,3)31-17(29)27-19(4,14-28)12-10-15-6-8-16(9-7-15)30-13-5-11-20(22,23)21(24,25)26/h6-9,28H,5,10-14H2,1-4H3,(H,27,29)/t19-/m1/s1. The van der Waals surface area contributed by atoms with E-state index in [0.717, 1.165) is 5.56 Å². The Hall–Kier alpha value is -2.10. The summed E-state index contributed by atoms with van der Waals surface area (Å²) >= 11 is 0. The molecule has 1 aromatic rings. The van der Waals surface area contributed by atoms with Crippen LogP contribution in [-0.2, 0) is 11.2 Å². The molecule has 0 saturated carbocycles. The zero-order valence-corrected chi connectivity index (χ0v) is 18.1. The Labute approximate surface area is 178 Å². The number of hydrogen-bond acceptors (Lipinski definition) is 4. The summed E-state index contributed by atoms with van der Waals surface area (Å²) < 4.78 is 72.5. The number of aliphatic hydroxyl groups excluding tert-OH is 1. The summed E-state index contributed by atoms with van der Waals surface area (Å²) in [6, 6.07) is 6.58. The van der Waals surface area contributed by atoms with E-state index >= 15 is 0 Å². The van der Waals surface area contributed by atoms with E-state index in [4.69, 9.17) is 9.47 Å². The lowest BCUT2D eigenvalue weighted by molar-refractivity contribution is -0.284. The third-order valence-electron chi connectivity index (χ3n) is 4.36. The SMILES string of the molecule is CC(C)(C)OC(=O)N[C@@](C)(CO)CCc1ccc(OCCCC(F)(F)C(F)(F)F)cc1. The molecule has 0 aliphatic heterocycles. The van der Waals surface area contributed by atoms with Crippen molar-refractivity contribution in [2.75, 3.05) is 13.2 Å². The van der Waals surface area contributed by atoms with Crippen LogP contribution in [0.1, 0.15) is 52.5 Å². The smallest absolute Gasteiger partial charge is 0.453 e. The first kappa shape index (κ1) is 26.9. The third-order valence-corrected chi connectivity index (χ3v) is 4.36. The van der Waals surface area contributed by atoms with Gasteiger partial charge in [0, 0.05) is 6.42 Å². The molecule has 0 aliphatic carbocycles. The summed E-state index contributed by atoms with van der Waals surface area (Å²) in [5, 5.41) is 12.3. The molecule has 10 heteroatoms. The van der Waals surface area contributed by atoms with Gasteiger partial charge in [0.25, 0.3) is 0 Å². The van der Waals surface area contributed by atoms with E-state index in [0.29, 0.717) is 18.6 Å². The molecule has 0 radical (unpaired) electrons. The Morgan fingerprint density at radius 1 is 1.00 bits per heavy atom. The molecule has 178 valence electrons. The molecule has 5 nitrogen and oxygen atoms in total. The monoisotopic (exact) mass is 455 g/mol. The molecule has 31 heavy (non-hydrogen) atoms. The largest absolute Gasteiger partial charge is 0.494 e. The fraction of sp³-hybridized carbons (Fsp3) is 0.667. The zero-order valence-electron chi connectivity index (χ0n) is 18.1. The molecule has 0 fully saturated rings. The molecular weight excluding hydrogens is 425 g/mol. The van der Waals surface area contributed by atoms with E-state index in [9.17, 15) is 31.9 Å². The Kier molecular flexibility index (Phi) is 9.10. The van der Waals surface area contributed by atoms with Gasteiger partial charge in [-0.15, -0.1) is 0 Å². The van der Waals surface area contributed by atoms with Crippen LogP contribution in [0.15, 0.2) is 24.3 Å². The first-order valence-corrected chi connectivity index (χ1v) is 9.85. The van der Waals surface area contributed by atoms with E-state index in [1.54, 1.807) is 52.0 Å². The zero-order chi connectivity index (χ0) is 23.9. The van der Waals surface area contributed by atoms with Crippen molar-refractivity contribution in [3.05, 3.63) is 29.8 Å². The Morgan fingerprint density at radius 2 is 1.58 bits per heavy atom. The third kappa shape index (κ3) is 9.71. The van der Waals surface area contributed by atoms with Gasteiger partial charge in [-0.2, -0.15) is 22.0 Å². The first-order chi connectivity index (χ1) is 14.1. The van der Waals surface area contributed by atoms with Crippen LogP contribution in [0.5, 0.6) is 5.75 Å². The van der Waals surface area contributed by atoms with Gasteiger partial charge in [-0.3, -0.25) is 0 Å². The molecule has 1 aromatic carbocycles. The summed E-state index contributed by atoms with van der Waals surface area (Å²) in [5.74, 6) is -4.39. The highest BCUT2D eigenvalue weighted by atomic mass is 19.4. The average Bonchev–Trinajstić information content (AvgIpc) is 2.62. The van der Waals surface area contributed by atoms with Crippen LogP contribution in [0.2, 0.25) is 0 Å². The van der Waals surface area contributed by atoms with Crippen LogP contribution < -0.4 is 10.1 Å². The van der Waals surface area contributed by atoms with Crippen LogP contribution in [-0.4, -0.2) is 47.7 Å². The van der Waals surface area contributed by atoms with Crippen molar-refractivity contribution in [2.24, 2.45) is 0 Å². The van der Waals surface area contributed by atoms with Crippen molar-refractivity contribution in [3.8, 4) is 5.75 Å². The number of benzene rings is 1. The van der Waals surface area contributed by atoms with Gasteiger partial charge >= 0.3 is 18.2 Å². The minimum absolute atomic E-state index is 0.270. The van der Waals surface area contributed by atoms with E-state index in [1.165, 1.54) is 0 Å². The molecule has 1 rings (SSSR count). The molecule has 0 aromatic heterocycles. The summed E-state index contributed by atoms with van der Waals surface area (Å²) in [6.45, 7) is 6.31. The van der Waals surface area contributed by atoms with Gasteiger partial charge in [-0.05, 0) is 64.7 Å². The van der Waals surface area contributed by atoms with Crippen molar-refractivity contribution in [2.45, 2.75) is 76.6 Å². The second-order valence-electron chi connectivity index (χ2n) is 8.64. The molecule has 0 bridgehead atoms. The quantitative estimate of drug-likeness (QED) is 0.374. The number of ether oxygens (including phenoxy) is 2. The number of nitrogens with one attached hydrogen (secondary N) is 1. The van der Waals surface area contributed by atoms with Gasteiger partial charge in [-0.1, -0.05) is 12.1 Å². The van der Waals surface area contributed by atoms with Crippen molar-refractivity contribution in [3.63, 3.8) is 0 Å². The topological polar surface area (TPSA) is 67.8 Å². The molecule has 1 atom stereocenters. The minimum atomic E-state index is -5.56. The number of rotatable bonds is 10. The van der Waals surface area contributed by atoms with Gasteiger partial charge in [0.2, 0.25) is 0 Å². The number of carbonyl (C=O) groups is 1. The maximum atomic E-state index is 12.8. The number of aliphatic hydroxyl groups is 1. The summed E-state index contributed by atoms with van der Waals surface area (Å²) in [5.41, 5.74) is -0.707. The van der Waals surface area contributed by atoms with Gasteiger partial charge in [0.1, 0.15) is 11.4 Å². The second-order valence-corrected chi connectivity index (χ2v) is 8.64. The first-order valence-electron chi connectivity index (χ1n) is 9.85. The van der Waals surface area contributed by atoms with Crippen LogP contribution >= 0.6 is 0 Å². The van der Waals surface area contributed by atoms with Crippen molar-refractivity contribution in [1.29, 1.82) is 0 Å². The molecule has 0 aliphatic rings. The predicted octanol–water partition coefficient (Wildman–Crippen LogP) is 5.25. The lowest BCUT2D eigenvalue weighted by Crippen LogP contribution is -2.50. The van der Waals surface area contributed by atoms with Gasteiger partial charge in [-0.25, -0.2) is 4.79 Å². The fourth-order valence-electron chi connectivity index (χ4n) is 2.53. The van der Waals surface area contributed by atoms with Crippen molar-refractivity contribution < 1.29 is 41.3 Å². The van der Waals surface area contributed by atoms with Gasteiger partial charge < -0.3 is 19.9 Å². The normalized spacial score (nSPS) is 14.6. The van der Waals surface area contributed by atoms with Crippen LogP contribution in [0.4, 0.5) is 26.7 Å². The predicted molar refractivity (Wildman–Crippen MR) is 105 cm³/mol. The molecule has 2 N–H and O–H groups in total.